The molecule has 2 atom stereocenters. The van der Waals surface area contributed by atoms with Crippen molar-refractivity contribution in [3.63, 3.8) is 0 Å². The predicted molar refractivity (Wildman–Crippen MR) is 68.9 cm³/mol. The molecule has 0 aliphatic heterocycles. The highest BCUT2D eigenvalue weighted by Crippen LogP contribution is 2.23. The highest BCUT2D eigenvalue weighted by Gasteiger charge is 2.20. The average Bonchev–Trinajstić information content (AvgIpc) is 2.60. The molecule has 1 saturated carbocycles. The summed E-state index contributed by atoms with van der Waals surface area (Å²) in [5.74, 6) is 2.71. The average molecular weight is 236 g/mol. The standard InChI is InChI=1S/C13H24N4/c1-10-6-4-5-7-13(10)14-8-9-17-12(3)15-11(2)16-17/h10,13-14H,4-9H2,1-3H3. The first-order chi connectivity index (χ1) is 8.16. The van der Waals surface area contributed by atoms with Crippen LogP contribution in [0.25, 0.3) is 0 Å². The van der Waals surface area contributed by atoms with Gasteiger partial charge in [0.2, 0.25) is 0 Å². The molecule has 2 rings (SSSR count). The third-order valence-electron chi connectivity index (χ3n) is 3.80. The van der Waals surface area contributed by atoms with Crippen molar-refractivity contribution in [2.45, 2.75) is 59.0 Å². The SMILES string of the molecule is Cc1nc(C)n(CCNC2CCCCC2C)n1. The fourth-order valence-electron chi connectivity index (χ4n) is 2.75. The van der Waals surface area contributed by atoms with E-state index >= 15 is 0 Å². The lowest BCUT2D eigenvalue weighted by molar-refractivity contribution is 0.277. The summed E-state index contributed by atoms with van der Waals surface area (Å²) in [5, 5.41) is 8.05. The summed E-state index contributed by atoms with van der Waals surface area (Å²) in [6, 6.07) is 0.702. The Morgan fingerprint density at radius 2 is 2.06 bits per heavy atom. The Morgan fingerprint density at radius 3 is 2.71 bits per heavy atom. The quantitative estimate of drug-likeness (QED) is 0.870. The molecule has 0 radical (unpaired) electrons. The van der Waals surface area contributed by atoms with Crippen LogP contribution >= 0.6 is 0 Å². The van der Waals surface area contributed by atoms with Crippen LogP contribution < -0.4 is 5.32 Å². The fraction of sp³-hybridized carbons (Fsp3) is 0.846. The molecule has 4 heteroatoms. The molecule has 0 bridgehead atoms. The van der Waals surface area contributed by atoms with E-state index < -0.39 is 0 Å². The Hall–Kier alpha value is -0.900. The van der Waals surface area contributed by atoms with Crippen LogP contribution in [0.5, 0.6) is 0 Å². The zero-order chi connectivity index (χ0) is 12.3. The minimum absolute atomic E-state index is 0.702. The first-order valence-electron chi connectivity index (χ1n) is 6.78. The van der Waals surface area contributed by atoms with Gasteiger partial charge < -0.3 is 5.32 Å². The maximum Gasteiger partial charge on any atom is 0.147 e. The highest BCUT2D eigenvalue weighted by atomic mass is 15.3. The molecule has 1 aliphatic carbocycles. The van der Waals surface area contributed by atoms with Gasteiger partial charge in [-0.25, -0.2) is 9.67 Å². The lowest BCUT2D eigenvalue weighted by Crippen LogP contribution is -2.39. The van der Waals surface area contributed by atoms with E-state index in [1.807, 2.05) is 18.5 Å². The number of nitrogens with zero attached hydrogens (tertiary/aromatic N) is 3. The van der Waals surface area contributed by atoms with Gasteiger partial charge in [-0.15, -0.1) is 0 Å². The topological polar surface area (TPSA) is 42.7 Å². The first-order valence-corrected chi connectivity index (χ1v) is 6.78. The van der Waals surface area contributed by atoms with Gasteiger partial charge in [0, 0.05) is 12.6 Å². The molecule has 1 heterocycles. The van der Waals surface area contributed by atoms with Crippen molar-refractivity contribution in [1.29, 1.82) is 0 Å². The van der Waals surface area contributed by atoms with Gasteiger partial charge in [-0.2, -0.15) is 5.10 Å². The summed E-state index contributed by atoms with van der Waals surface area (Å²) in [6.07, 6.45) is 5.49. The van der Waals surface area contributed by atoms with E-state index in [1.165, 1.54) is 25.7 Å². The molecule has 1 aliphatic rings. The summed E-state index contributed by atoms with van der Waals surface area (Å²) in [6.45, 7) is 8.25. The second-order valence-electron chi connectivity index (χ2n) is 5.25. The number of aryl methyl sites for hydroxylation is 2. The van der Waals surface area contributed by atoms with E-state index in [-0.39, 0.29) is 0 Å². The summed E-state index contributed by atoms with van der Waals surface area (Å²) in [5.41, 5.74) is 0. The predicted octanol–water partition coefficient (Wildman–Crippen LogP) is 2.06. The van der Waals surface area contributed by atoms with Crippen LogP contribution in [0.4, 0.5) is 0 Å². The highest BCUT2D eigenvalue weighted by molar-refractivity contribution is 4.87. The summed E-state index contributed by atoms with van der Waals surface area (Å²) < 4.78 is 2.00. The largest absolute Gasteiger partial charge is 0.312 e. The van der Waals surface area contributed by atoms with Crippen LogP contribution in [-0.4, -0.2) is 27.4 Å². The minimum Gasteiger partial charge on any atom is -0.312 e. The van der Waals surface area contributed by atoms with Crippen molar-refractivity contribution in [3.8, 4) is 0 Å². The van der Waals surface area contributed by atoms with E-state index in [2.05, 4.69) is 22.3 Å². The maximum atomic E-state index is 4.38. The van der Waals surface area contributed by atoms with Crippen LogP contribution in [0.2, 0.25) is 0 Å². The van der Waals surface area contributed by atoms with E-state index in [0.29, 0.717) is 6.04 Å². The monoisotopic (exact) mass is 236 g/mol. The van der Waals surface area contributed by atoms with Crippen molar-refractivity contribution in [1.82, 2.24) is 20.1 Å². The van der Waals surface area contributed by atoms with E-state index in [1.54, 1.807) is 0 Å². The van der Waals surface area contributed by atoms with Crippen LogP contribution in [0.15, 0.2) is 0 Å². The zero-order valence-corrected chi connectivity index (χ0v) is 11.2. The van der Waals surface area contributed by atoms with Crippen molar-refractivity contribution in [3.05, 3.63) is 11.6 Å². The second-order valence-corrected chi connectivity index (χ2v) is 5.25. The maximum absolute atomic E-state index is 4.38. The van der Waals surface area contributed by atoms with Crippen LogP contribution in [0, 0.1) is 19.8 Å². The number of aromatic nitrogens is 3. The molecule has 17 heavy (non-hydrogen) atoms. The Kier molecular flexibility index (Phi) is 4.15. The fourth-order valence-corrected chi connectivity index (χ4v) is 2.75. The van der Waals surface area contributed by atoms with Crippen molar-refractivity contribution >= 4 is 0 Å². The summed E-state index contributed by atoms with van der Waals surface area (Å²) in [4.78, 5) is 4.32. The molecule has 0 amide bonds. The van der Waals surface area contributed by atoms with E-state index in [9.17, 15) is 0 Å². The van der Waals surface area contributed by atoms with E-state index in [0.717, 1.165) is 30.7 Å². The third-order valence-corrected chi connectivity index (χ3v) is 3.80. The minimum atomic E-state index is 0.702. The lowest BCUT2D eigenvalue weighted by Gasteiger charge is -2.29. The number of hydrogen-bond donors (Lipinski definition) is 1. The van der Waals surface area contributed by atoms with Crippen molar-refractivity contribution < 1.29 is 0 Å². The molecule has 1 aromatic heterocycles. The summed E-state index contributed by atoms with van der Waals surface area (Å²) in [7, 11) is 0. The molecular weight excluding hydrogens is 212 g/mol. The van der Waals surface area contributed by atoms with Crippen molar-refractivity contribution in [2.24, 2.45) is 5.92 Å². The normalized spacial score (nSPS) is 25.1. The van der Waals surface area contributed by atoms with Crippen LogP contribution in [0.1, 0.15) is 44.3 Å². The first kappa shape index (κ1) is 12.6. The van der Waals surface area contributed by atoms with Gasteiger partial charge >= 0.3 is 0 Å². The van der Waals surface area contributed by atoms with E-state index in [4.69, 9.17) is 0 Å². The molecule has 4 nitrogen and oxygen atoms in total. The smallest absolute Gasteiger partial charge is 0.147 e. The van der Waals surface area contributed by atoms with Gasteiger partial charge in [0.25, 0.3) is 0 Å². The number of hydrogen-bond acceptors (Lipinski definition) is 3. The second kappa shape index (κ2) is 5.63. The third kappa shape index (κ3) is 3.28. The molecular formula is C13H24N4. The van der Waals surface area contributed by atoms with Gasteiger partial charge in [-0.05, 0) is 32.6 Å². The molecule has 2 unspecified atom stereocenters. The van der Waals surface area contributed by atoms with Crippen LogP contribution in [0.3, 0.4) is 0 Å². The van der Waals surface area contributed by atoms with Gasteiger partial charge in [-0.3, -0.25) is 0 Å². The molecule has 1 aromatic rings. The van der Waals surface area contributed by atoms with Crippen molar-refractivity contribution in [2.75, 3.05) is 6.54 Å². The van der Waals surface area contributed by atoms with Gasteiger partial charge in [0.05, 0.1) is 6.54 Å². The molecule has 96 valence electrons. The Morgan fingerprint density at radius 1 is 1.29 bits per heavy atom. The van der Waals surface area contributed by atoms with Gasteiger partial charge in [0.1, 0.15) is 11.6 Å². The number of nitrogens with one attached hydrogen (secondary N) is 1. The molecule has 0 aromatic carbocycles. The molecule has 1 N–H and O–H groups in total. The van der Waals surface area contributed by atoms with Crippen LogP contribution in [-0.2, 0) is 6.54 Å². The van der Waals surface area contributed by atoms with Gasteiger partial charge in [-0.1, -0.05) is 19.8 Å². The Balaban J connectivity index is 1.77. The number of rotatable bonds is 4. The molecule has 1 fully saturated rings. The van der Waals surface area contributed by atoms with Gasteiger partial charge in [0.15, 0.2) is 0 Å². The zero-order valence-electron chi connectivity index (χ0n) is 11.2. The molecule has 0 spiro atoms. The molecule has 0 saturated heterocycles. The summed E-state index contributed by atoms with van der Waals surface area (Å²) >= 11 is 0. The Bertz CT molecular complexity index is 358. The lowest BCUT2D eigenvalue weighted by atomic mass is 9.86. The Labute approximate surface area is 104 Å².